The van der Waals surface area contributed by atoms with Crippen LogP contribution in [0.3, 0.4) is 0 Å². The molecule has 3 aromatic carbocycles. The minimum Gasteiger partial charge on any atom is -0.310 e. The number of hydrogen-bond donors (Lipinski definition) is 0. The fourth-order valence-electron chi connectivity index (χ4n) is 3.98. The Morgan fingerprint density at radius 1 is 0.969 bits per heavy atom. The molecule has 1 heterocycles. The van der Waals surface area contributed by atoms with Gasteiger partial charge in [0.2, 0.25) is 5.91 Å². The van der Waals surface area contributed by atoms with Gasteiger partial charge in [0.15, 0.2) is 0 Å². The van der Waals surface area contributed by atoms with Gasteiger partial charge in [-0.15, -0.1) is 0 Å². The van der Waals surface area contributed by atoms with Crippen molar-refractivity contribution in [2.24, 2.45) is 0 Å². The predicted molar refractivity (Wildman–Crippen MR) is 129 cm³/mol. The lowest BCUT2D eigenvalue weighted by molar-refractivity contribution is -0.117. The van der Waals surface area contributed by atoms with E-state index in [0.29, 0.717) is 18.2 Å². The SMILES string of the molecule is Cc1ccc(S(=O)(=O)N(CC(=O)N2CCc3ccccc32)c2ccc(C(C)C)cc2)cc1. The third kappa shape index (κ3) is 4.28. The van der Waals surface area contributed by atoms with Gasteiger partial charge in [0.25, 0.3) is 10.0 Å². The molecule has 4 rings (SSSR count). The van der Waals surface area contributed by atoms with Crippen LogP contribution in [0.15, 0.2) is 77.7 Å². The molecular formula is C26H28N2O3S. The molecule has 1 aliphatic heterocycles. The van der Waals surface area contributed by atoms with Gasteiger partial charge in [0, 0.05) is 12.2 Å². The van der Waals surface area contributed by atoms with Crippen LogP contribution in [-0.2, 0) is 21.2 Å². The number of nitrogens with zero attached hydrogens (tertiary/aromatic N) is 2. The molecule has 1 aliphatic rings. The fourth-order valence-corrected chi connectivity index (χ4v) is 5.40. The number of benzene rings is 3. The number of rotatable bonds is 6. The summed E-state index contributed by atoms with van der Waals surface area (Å²) in [6.07, 6.45) is 0.774. The first-order chi connectivity index (χ1) is 15.3. The minimum absolute atomic E-state index is 0.172. The lowest BCUT2D eigenvalue weighted by atomic mass is 10.0. The maximum atomic E-state index is 13.6. The van der Waals surface area contributed by atoms with Crippen molar-refractivity contribution in [1.29, 1.82) is 0 Å². The zero-order chi connectivity index (χ0) is 22.9. The van der Waals surface area contributed by atoms with Crippen LogP contribution in [0, 0.1) is 6.92 Å². The van der Waals surface area contributed by atoms with E-state index in [0.717, 1.165) is 28.8 Å². The van der Waals surface area contributed by atoms with E-state index in [1.165, 1.54) is 4.31 Å². The zero-order valence-electron chi connectivity index (χ0n) is 18.7. The number of para-hydroxylation sites is 1. The molecule has 0 unspecified atom stereocenters. The highest BCUT2D eigenvalue weighted by Gasteiger charge is 2.31. The van der Waals surface area contributed by atoms with E-state index in [2.05, 4.69) is 13.8 Å². The maximum Gasteiger partial charge on any atom is 0.264 e. The highest BCUT2D eigenvalue weighted by Crippen LogP contribution is 2.30. The lowest BCUT2D eigenvalue weighted by Crippen LogP contribution is -2.42. The van der Waals surface area contributed by atoms with Crippen molar-refractivity contribution in [3.63, 3.8) is 0 Å². The molecule has 1 amide bonds. The van der Waals surface area contributed by atoms with Crippen molar-refractivity contribution in [1.82, 2.24) is 0 Å². The van der Waals surface area contributed by atoms with Crippen molar-refractivity contribution in [2.45, 2.75) is 38.0 Å². The Balaban J connectivity index is 1.71. The average Bonchev–Trinajstić information content (AvgIpc) is 3.22. The van der Waals surface area contributed by atoms with Crippen LogP contribution in [0.2, 0.25) is 0 Å². The number of fused-ring (bicyclic) bond motifs is 1. The topological polar surface area (TPSA) is 57.7 Å². The third-order valence-electron chi connectivity index (χ3n) is 5.92. The molecule has 3 aromatic rings. The summed E-state index contributed by atoms with van der Waals surface area (Å²) in [6.45, 7) is 6.38. The van der Waals surface area contributed by atoms with E-state index in [9.17, 15) is 13.2 Å². The summed E-state index contributed by atoms with van der Waals surface area (Å²) in [4.78, 5) is 15.2. The van der Waals surface area contributed by atoms with E-state index in [1.54, 1.807) is 41.3 Å². The molecule has 0 saturated carbocycles. The summed E-state index contributed by atoms with van der Waals surface area (Å²) in [5.41, 5.74) is 4.54. The molecule has 5 nitrogen and oxygen atoms in total. The van der Waals surface area contributed by atoms with E-state index in [-0.39, 0.29) is 17.3 Å². The number of hydrogen-bond acceptors (Lipinski definition) is 3. The molecule has 0 fully saturated rings. The number of carbonyl (C=O) groups excluding carboxylic acids is 1. The lowest BCUT2D eigenvalue weighted by Gasteiger charge is -2.27. The molecular weight excluding hydrogens is 420 g/mol. The molecule has 0 N–H and O–H groups in total. The summed E-state index contributed by atoms with van der Waals surface area (Å²) < 4.78 is 28.5. The molecule has 0 radical (unpaired) electrons. The average molecular weight is 449 g/mol. The smallest absolute Gasteiger partial charge is 0.264 e. The van der Waals surface area contributed by atoms with Crippen molar-refractivity contribution in [3.8, 4) is 0 Å². The molecule has 166 valence electrons. The van der Waals surface area contributed by atoms with Crippen LogP contribution < -0.4 is 9.21 Å². The zero-order valence-corrected chi connectivity index (χ0v) is 19.5. The standard InChI is InChI=1S/C26H28N2O3S/c1-19(2)21-10-12-23(13-11-21)28(32(30,31)24-14-8-20(3)9-15-24)18-26(29)27-17-16-22-6-4-5-7-25(22)27/h4-15,19H,16-18H2,1-3H3. The van der Waals surface area contributed by atoms with Gasteiger partial charge >= 0.3 is 0 Å². The summed E-state index contributed by atoms with van der Waals surface area (Å²) >= 11 is 0. The second kappa shape index (κ2) is 8.79. The summed E-state index contributed by atoms with van der Waals surface area (Å²) in [6, 6.07) is 21.9. The second-order valence-electron chi connectivity index (χ2n) is 8.50. The molecule has 0 aromatic heterocycles. The van der Waals surface area contributed by atoms with Gasteiger partial charge in [-0.1, -0.05) is 61.9 Å². The number of anilines is 2. The van der Waals surface area contributed by atoms with Crippen LogP contribution in [0.1, 0.15) is 36.5 Å². The fraction of sp³-hybridized carbons (Fsp3) is 0.269. The summed E-state index contributed by atoms with van der Waals surface area (Å²) in [7, 11) is -3.92. The number of carbonyl (C=O) groups is 1. The van der Waals surface area contributed by atoms with Crippen molar-refractivity contribution in [2.75, 3.05) is 22.3 Å². The highest BCUT2D eigenvalue weighted by atomic mass is 32.2. The molecule has 0 atom stereocenters. The summed E-state index contributed by atoms with van der Waals surface area (Å²) in [5.74, 6) is 0.0903. The van der Waals surface area contributed by atoms with Crippen LogP contribution >= 0.6 is 0 Å². The predicted octanol–water partition coefficient (Wildman–Crippen LogP) is 4.90. The Kier molecular flexibility index (Phi) is 6.07. The van der Waals surface area contributed by atoms with Crippen molar-refractivity contribution in [3.05, 3.63) is 89.5 Å². The Labute approximate surface area is 190 Å². The quantitative estimate of drug-likeness (QED) is 0.539. The molecule has 32 heavy (non-hydrogen) atoms. The highest BCUT2D eigenvalue weighted by molar-refractivity contribution is 7.92. The number of sulfonamides is 1. The van der Waals surface area contributed by atoms with E-state index >= 15 is 0 Å². The molecule has 0 saturated heterocycles. The van der Waals surface area contributed by atoms with E-state index in [4.69, 9.17) is 0 Å². The van der Waals surface area contributed by atoms with Crippen molar-refractivity contribution < 1.29 is 13.2 Å². The normalized spacial score (nSPS) is 13.3. The Bertz CT molecular complexity index is 1220. The van der Waals surface area contributed by atoms with Gasteiger partial charge < -0.3 is 4.90 Å². The molecule has 6 heteroatoms. The van der Waals surface area contributed by atoms with Gasteiger partial charge in [-0.05, 0) is 60.7 Å². The maximum absolute atomic E-state index is 13.6. The largest absolute Gasteiger partial charge is 0.310 e. The van der Waals surface area contributed by atoms with Crippen LogP contribution in [0.25, 0.3) is 0 Å². The first-order valence-corrected chi connectivity index (χ1v) is 12.3. The van der Waals surface area contributed by atoms with Gasteiger partial charge in [-0.25, -0.2) is 8.42 Å². The second-order valence-corrected chi connectivity index (χ2v) is 10.4. The van der Waals surface area contributed by atoms with E-state index in [1.807, 2.05) is 43.3 Å². The minimum atomic E-state index is -3.92. The van der Waals surface area contributed by atoms with Crippen LogP contribution in [0.4, 0.5) is 11.4 Å². The Morgan fingerprint density at radius 2 is 1.62 bits per heavy atom. The Hall–Kier alpha value is -3.12. The molecule has 0 aliphatic carbocycles. The van der Waals surface area contributed by atoms with E-state index < -0.39 is 10.0 Å². The van der Waals surface area contributed by atoms with Gasteiger partial charge in [0.1, 0.15) is 6.54 Å². The van der Waals surface area contributed by atoms with Crippen molar-refractivity contribution >= 4 is 27.3 Å². The first-order valence-electron chi connectivity index (χ1n) is 10.8. The first kappa shape index (κ1) is 22.1. The molecule has 0 bridgehead atoms. The number of aryl methyl sites for hydroxylation is 1. The van der Waals surface area contributed by atoms with Gasteiger partial charge in [-0.2, -0.15) is 0 Å². The molecule has 0 spiro atoms. The van der Waals surface area contributed by atoms with Crippen LogP contribution in [0.5, 0.6) is 0 Å². The van der Waals surface area contributed by atoms with Gasteiger partial charge in [-0.3, -0.25) is 9.10 Å². The third-order valence-corrected chi connectivity index (χ3v) is 7.71. The van der Waals surface area contributed by atoms with Gasteiger partial charge in [0.05, 0.1) is 10.6 Å². The van der Waals surface area contributed by atoms with Crippen LogP contribution in [-0.4, -0.2) is 27.4 Å². The Morgan fingerprint density at radius 3 is 2.28 bits per heavy atom. The monoisotopic (exact) mass is 448 g/mol. The number of amides is 1. The summed E-state index contributed by atoms with van der Waals surface area (Å²) in [5, 5.41) is 0.